The van der Waals surface area contributed by atoms with Crippen molar-refractivity contribution in [2.45, 2.75) is 52.9 Å². The molecule has 1 aromatic carbocycles. The minimum absolute atomic E-state index is 0.227. The third-order valence-electron chi connectivity index (χ3n) is 5.67. The summed E-state index contributed by atoms with van der Waals surface area (Å²) in [6, 6.07) is 8.76. The van der Waals surface area contributed by atoms with Crippen LogP contribution in [-0.2, 0) is 19.6 Å². The smallest absolute Gasteiger partial charge is 0.119 e. The number of aromatic nitrogens is 2. The molecule has 0 bridgehead atoms. The van der Waals surface area contributed by atoms with Gasteiger partial charge in [0.1, 0.15) is 5.75 Å². The van der Waals surface area contributed by atoms with Crippen LogP contribution in [-0.4, -0.2) is 63.6 Å². The number of ether oxygens (including phenoxy) is 1. The summed E-state index contributed by atoms with van der Waals surface area (Å²) in [5, 5.41) is 14.1. The van der Waals surface area contributed by atoms with Crippen LogP contribution >= 0.6 is 0 Å². The molecule has 3 rings (SSSR count). The van der Waals surface area contributed by atoms with E-state index in [4.69, 9.17) is 4.74 Å². The fraction of sp³-hybridized carbons (Fsp3) is 0.591. The Morgan fingerprint density at radius 2 is 1.93 bits per heavy atom. The molecular formula is C22H34N4O2. The molecule has 0 aliphatic carbocycles. The quantitative estimate of drug-likeness (QED) is 0.718. The topological polar surface area (TPSA) is 53.8 Å². The van der Waals surface area contributed by atoms with Crippen molar-refractivity contribution in [2.75, 3.05) is 32.8 Å². The van der Waals surface area contributed by atoms with E-state index in [-0.39, 0.29) is 6.61 Å². The van der Waals surface area contributed by atoms with Crippen molar-refractivity contribution in [3.63, 3.8) is 0 Å². The number of hydrogen-bond donors (Lipinski definition) is 1. The molecule has 6 heteroatoms. The molecule has 28 heavy (non-hydrogen) atoms. The Morgan fingerprint density at radius 3 is 2.57 bits per heavy atom. The van der Waals surface area contributed by atoms with Gasteiger partial charge in [0.15, 0.2) is 0 Å². The van der Waals surface area contributed by atoms with Crippen LogP contribution in [0.15, 0.2) is 30.5 Å². The van der Waals surface area contributed by atoms with Gasteiger partial charge in [-0.25, -0.2) is 0 Å². The predicted octanol–water partition coefficient (Wildman–Crippen LogP) is 2.68. The molecule has 154 valence electrons. The lowest BCUT2D eigenvalue weighted by atomic mass is 10.1. The van der Waals surface area contributed by atoms with Gasteiger partial charge in [-0.05, 0) is 44.9 Å². The van der Waals surface area contributed by atoms with Crippen molar-refractivity contribution >= 4 is 0 Å². The van der Waals surface area contributed by atoms with Crippen molar-refractivity contribution in [3.8, 4) is 5.75 Å². The van der Waals surface area contributed by atoms with E-state index in [0.29, 0.717) is 12.6 Å². The number of aliphatic hydroxyl groups excluding tert-OH is 1. The van der Waals surface area contributed by atoms with Crippen LogP contribution in [0.1, 0.15) is 37.1 Å². The summed E-state index contributed by atoms with van der Waals surface area (Å²) >= 11 is 0. The van der Waals surface area contributed by atoms with Gasteiger partial charge in [-0.15, -0.1) is 0 Å². The third-order valence-corrected chi connectivity index (χ3v) is 5.67. The van der Waals surface area contributed by atoms with Crippen LogP contribution in [0.5, 0.6) is 5.75 Å². The van der Waals surface area contributed by atoms with E-state index in [0.717, 1.165) is 51.4 Å². The summed E-state index contributed by atoms with van der Waals surface area (Å²) in [6.45, 7) is 13.0. The minimum Gasteiger partial charge on any atom is -0.494 e. The molecule has 0 spiro atoms. The molecule has 0 unspecified atom stereocenters. The first-order valence-corrected chi connectivity index (χ1v) is 10.4. The zero-order chi connectivity index (χ0) is 19.9. The summed E-state index contributed by atoms with van der Waals surface area (Å²) in [6.07, 6.45) is 2.81. The Kier molecular flexibility index (Phi) is 7.48. The molecule has 2 aromatic rings. The summed E-state index contributed by atoms with van der Waals surface area (Å²) in [7, 11) is 0. The Bertz CT molecular complexity index is 729. The zero-order valence-corrected chi connectivity index (χ0v) is 17.5. The number of aliphatic hydroxyl groups is 1. The first kappa shape index (κ1) is 20.8. The van der Waals surface area contributed by atoms with Gasteiger partial charge in [0.05, 0.1) is 12.8 Å². The Labute approximate surface area is 168 Å². The Balaban J connectivity index is 1.61. The van der Waals surface area contributed by atoms with E-state index in [2.05, 4.69) is 45.6 Å². The normalized spacial score (nSPS) is 18.5. The van der Waals surface area contributed by atoms with Crippen LogP contribution in [0.3, 0.4) is 0 Å². The van der Waals surface area contributed by atoms with Crippen LogP contribution in [0.25, 0.3) is 0 Å². The maximum atomic E-state index is 9.58. The van der Waals surface area contributed by atoms with Gasteiger partial charge < -0.3 is 9.84 Å². The highest BCUT2D eigenvalue weighted by Gasteiger charge is 2.27. The number of rotatable bonds is 9. The SMILES string of the molecule is CCOc1ccc(CN2CCN(Cc3cnn(CC)c3C)C[C@@H]2CCO)cc1. The fourth-order valence-electron chi connectivity index (χ4n) is 4.02. The molecule has 1 aliphatic heterocycles. The second-order valence-corrected chi connectivity index (χ2v) is 7.52. The van der Waals surface area contributed by atoms with Gasteiger partial charge in [-0.3, -0.25) is 14.5 Å². The number of nitrogens with zero attached hydrogens (tertiary/aromatic N) is 4. The summed E-state index contributed by atoms with van der Waals surface area (Å²) in [4.78, 5) is 5.00. The first-order chi connectivity index (χ1) is 13.6. The van der Waals surface area contributed by atoms with E-state index >= 15 is 0 Å². The molecule has 1 atom stereocenters. The van der Waals surface area contributed by atoms with Crippen molar-refractivity contribution in [1.29, 1.82) is 0 Å². The van der Waals surface area contributed by atoms with Crippen molar-refractivity contribution in [1.82, 2.24) is 19.6 Å². The van der Waals surface area contributed by atoms with Crippen molar-refractivity contribution < 1.29 is 9.84 Å². The summed E-state index contributed by atoms with van der Waals surface area (Å²) in [5.41, 5.74) is 3.86. The molecule has 1 fully saturated rings. The van der Waals surface area contributed by atoms with Gasteiger partial charge in [0.25, 0.3) is 0 Å². The van der Waals surface area contributed by atoms with E-state index in [1.807, 2.05) is 25.3 Å². The second-order valence-electron chi connectivity index (χ2n) is 7.52. The molecule has 1 aliphatic rings. The van der Waals surface area contributed by atoms with Gasteiger partial charge >= 0.3 is 0 Å². The lowest BCUT2D eigenvalue weighted by Crippen LogP contribution is -2.52. The minimum atomic E-state index is 0.227. The molecule has 1 aromatic heterocycles. The van der Waals surface area contributed by atoms with Gasteiger partial charge in [-0.1, -0.05) is 12.1 Å². The average molecular weight is 387 g/mol. The number of aryl methyl sites for hydroxylation is 1. The molecule has 1 saturated heterocycles. The van der Waals surface area contributed by atoms with E-state index < -0.39 is 0 Å². The molecular weight excluding hydrogens is 352 g/mol. The Hall–Kier alpha value is -1.89. The third kappa shape index (κ3) is 5.13. The van der Waals surface area contributed by atoms with Crippen LogP contribution in [0.4, 0.5) is 0 Å². The molecule has 1 N–H and O–H groups in total. The maximum absolute atomic E-state index is 9.58. The molecule has 0 radical (unpaired) electrons. The van der Waals surface area contributed by atoms with E-state index in [1.54, 1.807) is 0 Å². The number of hydrogen-bond acceptors (Lipinski definition) is 5. The van der Waals surface area contributed by atoms with Crippen LogP contribution < -0.4 is 4.74 Å². The summed E-state index contributed by atoms with van der Waals surface area (Å²) in [5.74, 6) is 0.922. The monoisotopic (exact) mass is 386 g/mol. The van der Waals surface area contributed by atoms with E-state index in [1.165, 1.54) is 16.8 Å². The number of piperazine rings is 1. The van der Waals surface area contributed by atoms with Crippen molar-refractivity contribution in [3.05, 3.63) is 47.3 Å². The van der Waals surface area contributed by atoms with E-state index in [9.17, 15) is 5.11 Å². The van der Waals surface area contributed by atoms with Gasteiger partial charge in [-0.2, -0.15) is 5.10 Å². The number of benzene rings is 1. The molecule has 0 amide bonds. The lowest BCUT2D eigenvalue weighted by Gasteiger charge is -2.41. The molecule has 0 saturated carbocycles. The molecule has 2 heterocycles. The largest absolute Gasteiger partial charge is 0.494 e. The second kappa shape index (κ2) is 10.0. The van der Waals surface area contributed by atoms with Gasteiger partial charge in [0.2, 0.25) is 0 Å². The van der Waals surface area contributed by atoms with Crippen molar-refractivity contribution in [2.24, 2.45) is 0 Å². The standard InChI is InChI=1S/C22H34N4O2/c1-4-26-18(3)20(14-23-26)16-24-11-12-25(21(17-24)10-13-27)15-19-6-8-22(9-7-19)28-5-2/h6-9,14,21,27H,4-5,10-13,15-17H2,1-3H3/t21-/m0/s1. The Morgan fingerprint density at radius 1 is 1.14 bits per heavy atom. The predicted molar refractivity (Wildman–Crippen MR) is 111 cm³/mol. The average Bonchev–Trinajstić information content (AvgIpc) is 3.05. The highest BCUT2D eigenvalue weighted by molar-refractivity contribution is 5.27. The summed E-state index contributed by atoms with van der Waals surface area (Å²) < 4.78 is 7.60. The lowest BCUT2D eigenvalue weighted by molar-refractivity contribution is 0.0498. The molecule has 6 nitrogen and oxygen atoms in total. The highest BCUT2D eigenvalue weighted by atomic mass is 16.5. The zero-order valence-electron chi connectivity index (χ0n) is 17.5. The first-order valence-electron chi connectivity index (χ1n) is 10.4. The maximum Gasteiger partial charge on any atom is 0.119 e. The van der Waals surface area contributed by atoms with Crippen LogP contribution in [0.2, 0.25) is 0 Å². The fourth-order valence-corrected chi connectivity index (χ4v) is 4.02. The highest BCUT2D eigenvalue weighted by Crippen LogP contribution is 2.21. The van der Waals surface area contributed by atoms with Gasteiger partial charge in [0, 0.05) is 63.2 Å². The van der Waals surface area contributed by atoms with Crippen LogP contribution in [0, 0.1) is 6.92 Å².